The standard InChI is InChI=1S/C17H18O2/c1-10-6-7-14-11(8-10)9-15(19-14)17(18)16-12-4-2-3-5-13(12)16/h6-9,12-13,16H,2-5H2,1H3. The highest BCUT2D eigenvalue weighted by Crippen LogP contribution is 2.56. The molecular formula is C17H18O2. The molecule has 0 spiro atoms. The molecule has 2 atom stereocenters. The van der Waals surface area contributed by atoms with Crippen molar-refractivity contribution >= 4 is 16.8 Å². The number of Topliss-reactive ketones (excluding diaryl/α,β-unsaturated/α-hetero) is 1. The van der Waals surface area contributed by atoms with Crippen LogP contribution in [0.1, 0.15) is 41.8 Å². The van der Waals surface area contributed by atoms with Gasteiger partial charge in [-0.15, -0.1) is 0 Å². The molecule has 2 unspecified atom stereocenters. The first kappa shape index (κ1) is 11.3. The summed E-state index contributed by atoms with van der Waals surface area (Å²) in [6.45, 7) is 2.06. The Labute approximate surface area is 112 Å². The largest absolute Gasteiger partial charge is 0.453 e. The number of carbonyl (C=O) groups excluding carboxylic acids is 1. The molecule has 4 rings (SSSR count). The maximum Gasteiger partial charge on any atom is 0.201 e. The third kappa shape index (κ3) is 1.73. The Hall–Kier alpha value is -1.57. The van der Waals surface area contributed by atoms with Crippen LogP contribution in [0.15, 0.2) is 28.7 Å². The van der Waals surface area contributed by atoms with Crippen LogP contribution < -0.4 is 0 Å². The Bertz CT molecular complexity index is 640. The van der Waals surface area contributed by atoms with Gasteiger partial charge in [-0.25, -0.2) is 0 Å². The van der Waals surface area contributed by atoms with E-state index in [0.717, 1.165) is 11.0 Å². The van der Waals surface area contributed by atoms with Gasteiger partial charge < -0.3 is 4.42 Å². The van der Waals surface area contributed by atoms with E-state index < -0.39 is 0 Å². The molecule has 2 fully saturated rings. The van der Waals surface area contributed by atoms with E-state index in [9.17, 15) is 4.79 Å². The molecule has 1 heterocycles. The third-order valence-electron chi connectivity index (χ3n) is 4.87. The zero-order chi connectivity index (χ0) is 13.0. The van der Waals surface area contributed by atoms with Crippen molar-refractivity contribution in [2.75, 3.05) is 0 Å². The highest BCUT2D eigenvalue weighted by atomic mass is 16.3. The van der Waals surface area contributed by atoms with Crippen LogP contribution in [0.25, 0.3) is 11.0 Å². The van der Waals surface area contributed by atoms with Gasteiger partial charge in [0.2, 0.25) is 5.78 Å². The summed E-state index contributed by atoms with van der Waals surface area (Å²) in [6, 6.07) is 7.99. The fourth-order valence-electron chi connectivity index (χ4n) is 3.83. The van der Waals surface area contributed by atoms with Gasteiger partial charge in [-0.3, -0.25) is 4.79 Å². The molecule has 2 nitrogen and oxygen atoms in total. The second-order valence-corrected chi connectivity index (χ2v) is 6.15. The van der Waals surface area contributed by atoms with Crippen molar-refractivity contribution in [2.45, 2.75) is 32.6 Å². The normalized spacial score (nSPS) is 29.2. The average Bonchev–Trinajstić information content (AvgIpc) is 2.99. The lowest BCUT2D eigenvalue weighted by atomic mass is 10.0. The number of ketones is 1. The van der Waals surface area contributed by atoms with Crippen molar-refractivity contribution in [1.82, 2.24) is 0 Å². The molecule has 0 radical (unpaired) electrons. The van der Waals surface area contributed by atoms with Crippen LogP contribution in [-0.4, -0.2) is 5.78 Å². The lowest BCUT2D eigenvalue weighted by molar-refractivity contribution is 0.0931. The SMILES string of the molecule is Cc1ccc2oc(C(=O)C3C4CCCCC43)cc2c1. The molecule has 98 valence electrons. The lowest BCUT2D eigenvalue weighted by Crippen LogP contribution is -2.02. The van der Waals surface area contributed by atoms with E-state index in [2.05, 4.69) is 13.0 Å². The molecule has 0 aliphatic heterocycles. The van der Waals surface area contributed by atoms with Crippen molar-refractivity contribution in [3.63, 3.8) is 0 Å². The predicted octanol–water partition coefficient (Wildman–Crippen LogP) is 4.36. The minimum absolute atomic E-state index is 0.241. The van der Waals surface area contributed by atoms with Gasteiger partial charge in [-0.2, -0.15) is 0 Å². The Balaban J connectivity index is 1.65. The summed E-state index contributed by atoms with van der Waals surface area (Å²) in [7, 11) is 0. The third-order valence-corrected chi connectivity index (χ3v) is 4.87. The van der Waals surface area contributed by atoms with Gasteiger partial charge >= 0.3 is 0 Å². The zero-order valence-corrected chi connectivity index (χ0v) is 11.2. The van der Waals surface area contributed by atoms with E-state index in [1.165, 1.54) is 31.2 Å². The molecule has 1 aromatic heterocycles. The number of fused-ring (bicyclic) bond motifs is 2. The molecule has 0 amide bonds. The van der Waals surface area contributed by atoms with Crippen LogP contribution in [0, 0.1) is 24.7 Å². The average molecular weight is 254 g/mol. The van der Waals surface area contributed by atoms with Crippen molar-refractivity contribution in [3.05, 3.63) is 35.6 Å². The van der Waals surface area contributed by atoms with E-state index in [4.69, 9.17) is 4.42 Å². The smallest absolute Gasteiger partial charge is 0.201 e. The first-order chi connectivity index (χ1) is 9.24. The summed E-state index contributed by atoms with van der Waals surface area (Å²) in [5, 5.41) is 1.05. The van der Waals surface area contributed by atoms with Gasteiger partial charge in [-0.1, -0.05) is 24.5 Å². The number of rotatable bonds is 2. The Morgan fingerprint density at radius 3 is 2.63 bits per heavy atom. The van der Waals surface area contributed by atoms with E-state index in [-0.39, 0.29) is 11.7 Å². The monoisotopic (exact) mass is 254 g/mol. The summed E-state index contributed by atoms with van der Waals surface area (Å²) < 4.78 is 5.74. The maximum absolute atomic E-state index is 12.5. The number of furan rings is 1. The molecule has 2 aromatic rings. The van der Waals surface area contributed by atoms with Gasteiger partial charge in [0.05, 0.1) is 0 Å². The molecule has 0 saturated heterocycles. The minimum atomic E-state index is 0.241. The van der Waals surface area contributed by atoms with Gasteiger partial charge in [0.1, 0.15) is 5.58 Å². The van der Waals surface area contributed by atoms with Crippen LogP contribution in [-0.2, 0) is 0 Å². The quantitative estimate of drug-likeness (QED) is 0.745. The fraction of sp³-hybridized carbons (Fsp3) is 0.471. The van der Waals surface area contributed by atoms with Crippen molar-refractivity contribution < 1.29 is 9.21 Å². The lowest BCUT2D eigenvalue weighted by Gasteiger charge is -2.04. The Morgan fingerprint density at radius 1 is 1.16 bits per heavy atom. The topological polar surface area (TPSA) is 30.2 Å². The molecule has 19 heavy (non-hydrogen) atoms. The molecule has 0 bridgehead atoms. The van der Waals surface area contributed by atoms with Crippen molar-refractivity contribution in [3.8, 4) is 0 Å². The van der Waals surface area contributed by atoms with Gasteiger partial charge in [0, 0.05) is 11.3 Å². The van der Waals surface area contributed by atoms with Crippen LogP contribution >= 0.6 is 0 Å². The summed E-state index contributed by atoms with van der Waals surface area (Å²) in [5.41, 5.74) is 2.03. The second-order valence-electron chi connectivity index (χ2n) is 6.15. The Kier molecular flexibility index (Phi) is 2.35. The van der Waals surface area contributed by atoms with Gasteiger partial charge in [-0.05, 0) is 49.8 Å². The minimum Gasteiger partial charge on any atom is -0.453 e. The van der Waals surface area contributed by atoms with E-state index >= 15 is 0 Å². The number of hydrogen-bond acceptors (Lipinski definition) is 2. The number of benzene rings is 1. The molecule has 2 saturated carbocycles. The summed E-state index contributed by atoms with van der Waals surface area (Å²) in [4.78, 5) is 12.5. The summed E-state index contributed by atoms with van der Waals surface area (Å²) in [5.74, 6) is 2.36. The van der Waals surface area contributed by atoms with E-state index in [1.54, 1.807) is 0 Å². The van der Waals surface area contributed by atoms with E-state index in [1.807, 2.05) is 18.2 Å². The predicted molar refractivity (Wildman–Crippen MR) is 74.2 cm³/mol. The van der Waals surface area contributed by atoms with Crippen molar-refractivity contribution in [1.29, 1.82) is 0 Å². The number of carbonyl (C=O) groups is 1. The molecule has 2 aliphatic carbocycles. The highest BCUT2D eigenvalue weighted by molar-refractivity contribution is 6.01. The molecule has 0 N–H and O–H groups in total. The summed E-state index contributed by atoms with van der Waals surface area (Å²) >= 11 is 0. The van der Waals surface area contributed by atoms with Crippen LogP contribution in [0.4, 0.5) is 0 Å². The van der Waals surface area contributed by atoms with E-state index in [0.29, 0.717) is 17.6 Å². The van der Waals surface area contributed by atoms with Crippen LogP contribution in [0.5, 0.6) is 0 Å². The molecular weight excluding hydrogens is 236 g/mol. The van der Waals surface area contributed by atoms with Gasteiger partial charge in [0.25, 0.3) is 0 Å². The van der Waals surface area contributed by atoms with Crippen LogP contribution in [0.3, 0.4) is 0 Å². The maximum atomic E-state index is 12.5. The second kappa shape index (κ2) is 3.96. The summed E-state index contributed by atoms with van der Waals surface area (Å²) in [6.07, 6.45) is 5.06. The first-order valence-electron chi connectivity index (χ1n) is 7.28. The molecule has 1 aromatic carbocycles. The number of aryl methyl sites for hydroxylation is 1. The van der Waals surface area contributed by atoms with Crippen molar-refractivity contribution in [2.24, 2.45) is 17.8 Å². The van der Waals surface area contributed by atoms with Crippen LogP contribution in [0.2, 0.25) is 0 Å². The highest BCUT2D eigenvalue weighted by Gasteiger charge is 2.55. The number of hydrogen-bond donors (Lipinski definition) is 0. The Morgan fingerprint density at radius 2 is 1.89 bits per heavy atom. The molecule has 2 heteroatoms. The van der Waals surface area contributed by atoms with Gasteiger partial charge in [0.15, 0.2) is 5.76 Å². The fourth-order valence-corrected chi connectivity index (χ4v) is 3.83. The molecule has 2 aliphatic rings. The zero-order valence-electron chi connectivity index (χ0n) is 11.2. The first-order valence-corrected chi connectivity index (χ1v) is 7.28.